The van der Waals surface area contributed by atoms with Crippen LogP contribution in [0.5, 0.6) is 0 Å². The molecule has 0 unspecified atom stereocenters. The zero-order valence-corrected chi connectivity index (χ0v) is 8.65. The lowest BCUT2D eigenvalue weighted by Gasteiger charge is -2.04. The van der Waals surface area contributed by atoms with E-state index in [1.807, 2.05) is 0 Å². The van der Waals surface area contributed by atoms with E-state index in [2.05, 4.69) is 16.9 Å². The topological polar surface area (TPSA) is 46.2 Å². The highest BCUT2D eigenvalue weighted by Gasteiger charge is 2.12. The molecule has 70 valence electrons. The maximum Gasteiger partial charge on any atom is 0.262 e. The van der Waals surface area contributed by atoms with E-state index in [0.717, 1.165) is 0 Å². The maximum atomic E-state index is 11.4. The number of thiocarbonyl (C=S) groups is 1. The molecule has 0 atom stereocenters. The van der Waals surface area contributed by atoms with Gasteiger partial charge < -0.3 is 0 Å². The van der Waals surface area contributed by atoms with E-state index >= 15 is 0 Å². The largest absolute Gasteiger partial charge is 0.274 e. The molecule has 1 rings (SSSR count). The summed E-state index contributed by atoms with van der Waals surface area (Å²) in [6, 6.07) is 8.10. The summed E-state index contributed by atoms with van der Waals surface area (Å²) < 4.78 is 25.1. The van der Waals surface area contributed by atoms with Crippen LogP contribution < -0.4 is 4.72 Å². The fourth-order valence-corrected chi connectivity index (χ4v) is 2.19. The Kier molecular flexibility index (Phi) is 3.00. The van der Waals surface area contributed by atoms with Gasteiger partial charge in [0.25, 0.3) is 10.0 Å². The van der Waals surface area contributed by atoms with Gasteiger partial charge in [0.05, 0.1) is 9.88 Å². The Balaban J connectivity index is 3.02. The van der Waals surface area contributed by atoms with Crippen LogP contribution in [0.15, 0.2) is 35.2 Å². The Morgan fingerprint density at radius 1 is 1.31 bits per heavy atom. The molecule has 0 aromatic heterocycles. The molecule has 0 amide bonds. The zero-order valence-electron chi connectivity index (χ0n) is 7.02. The lowest BCUT2D eigenvalue weighted by atomic mass is 10.4. The molecule has 0 heterocycles. The van der Waals surface area contributed by atoms with Gasteiger partial charge in [-0.2, -0.15) is 0 Å². The van der Waals surface area contributed by atoms with Crippen molar-refractivity contribution < 1.29 is 8.42 Å². The minimum absolute atomic E-state index is 0.221. The van der Waals surface area contributed by atoms with Crippen molar-refractivity contribution in [2.24, 2.45) is 0 Å². The Hall–Kier alpha value is -0.940. The van der Waals surface area contributed by atoms with Gasteiger partial charge in [-0.05, 0) is 19.1 Å². The summed E-state index contributed by atoms with van der Waals surface area (Å²) in [4.78, 5) is 0.461. The highest BCUT2D eigenvalue weighted by molar-refractivity contribution is 7.91. The van der Waals surface area contributed by atoms with E-state index in [4.69, 9.17) is 0 Å². The third-order valence-corrected chi connectivity index (χ3v) is 3.03. The molecule has 0 fully saturated rings. The van der Waals surface area contributed by atoms with E-state index in [9.17, 15) is 8.42 Å². The number of rotatable bonds is 2. The second-order valence-electron chi connectivity index (χ2n) is 2.47. The number of hydrogen-bond donors (Lipinski definition) is 1. The average Bonchev–Trinajstić information content (AvgIpc) is 2.04. The first-order valence-corrected chi connectivity index (χ1v) is 5.50. The molecular formula is C8H9NO2S2. The predicted octanol–water partition coefficient (Wildman–Crippen LogP) is 1.31. The molecule has 13 heavy (non-hydrogen) atoms. The third-order valence-electron chi connectivity index (χ3n) is 1.33. The molecular weight excluding hydrogens is 206 g/mol. The number of nitrogens with one attached hydrogen (secondary N) is 1. The van der Waals surface area contributed by atoms with Crippen molar-refractivity contribution in [1.29, 1.82) is 0 Å². The first-order chi connectivity index (χ1) is 6.02. The summed E-state index contributed by atoms with van der Waals surface area (Å²) in [6.07, 6.45) is 0. The normalized spacial score (nSPS) is 10.8. The number of sulfonamides is 1. The maximum absolute atomic E-state index is 11.4. The van der Waals surface area contributed by atoms with Crippen molar-refractivity contribution in [2.45, 2.75) is 11.8 Å². The molecule has 5 heteroatoms. The van der Waals surface area contributed by atoms with Crippen LogP contribution in [0.4, 0.5) is 0 Å². The van der Waals surface area contributed by atoms with Crippen molar-refractivity contribution in [3.63, 3.8) is 0 Å². The fraction of sp³-hybridized carbons (Fsp3) is 0.125. The van der Waals surface area contributed by atoms with Crippen molar-refractivity contribution in [2.75, 3.05) is 0 Å². The molecule has 3 nitrogen and oxygen atoms in total. The quantitative estimate of drug-likeness (QED) is 0.757. The van der Waals surface area contributed by atoms with Gasteiger partial charge in [0.15, 0.2) is 0 Å². The van der Waals surface area contributed by atoms with E-state index in [0.29, 0.717) is 0 Å². The van der Waals surface area contributed by atoms with E-state index < -0.39 is 10.0 Å². The van der Waals surface area contributed by atoms with Crippen LogP contribution in [0.25, 0.3) is 0 Å². The zero-order chi connectivity index (χ0) is 9.90. The van der Waals surface area contributed by atoms with Gasteiger partial charge in [-0.3, -0.25) is 4.72 Å². The standard InChI is InChI=1S/C8H9NO2S2/c1-7(12)9-13(10,11)8-5-3-2-4-6-8/h2-6H,1H3,(H,9,12). The predicted molar refractivity (Wildman–Crippen MR) is 55.0 cm³/mol. The molecule has 1 aromatic rings. The lowest BCUT2D eigenvalue weighted by molar-refractivity contribution is 0.593. The minimum atomic E-state index is -3.45. The molecule has 0 aliphatic heterocycles. The molecule has 0 saturated carbocycles. The van der Waals surface area contributed by atoms with Crippen LogP contribution in [0.1, 0.15) is 6.92 Å². The number of hydrogen-bond acceptors (Lipinski definition) is 3. The van der Waals surface area contributed by atoms with Crippen molar-refractivity contribution >= 4 is 27.2 Å². The van der Waals surface area contributed by atoms with Crippen molar-refractivity contribution in [1.82, 2.24) is 4.72 Å². The van der Waals surface area contributed by atoms with Crippen molar-refractivity contribution in [3.8, 4) is 0 Å². The monoisotopic (exact) mass is 215 g/mol. The molecule has 1 aromatic carbocycles. The van der Waals surface area contributed by atoms with Gasteiger partial charge in [0, 0.05) is 0 Å². The first kappa shape index (κ1) is 10.1. The van der Waals surface area contributed by atoms with Gasteiger partial charge in [0.1, 0.15) is 0 Å². The van der Waals surface area contributed by atoms with Crippen LogP contribution in [-0.4, -0.2) is 13.4 Å². The second kappa shape index (κ2) is 3.85. The van der Waals surface area contributed by atoms with E-state index in [-0.39, 0.29) is 9.88 Å². The van der Waals surface area contributed by atoms with E-state index in [1.54, 1.807) is 18.2 Å². The average molecular weight is 215 g/mol. The minimum Gasteiger partial charge on any atom is -0.274 e. The Labute approximate surface area is 82.8 Å². The van der Waals surface area contributed by atoms with Crippen LogP contribution in [-0.2, 0) is 10.0 Å². The van der Waals surface area contributed by atoms with Crippen LogP contribution in [0, 0.1) is 0 Å². The summed E-state index contributed by atoms with van der Waals surface area (Å²) in [5.41, 5.74) is 0. The van der Waals surface area contributed by atoms with Crippen LogP contribution >= 0.6 is 12.2 Å². The number of benzene rings is 1. The van der Waals surface area contributed by atoms with Crippen LogP contribution in [0.2, 0.25) is 0 Å². The summed E-state index contributed by atoms with van der Waals surface area (Å²) in [5.74, 6) is 0. The van der Waals surface area contributed by atoms with Gasteiger partial charge in [-0.25, -0.2) is 8.42 Å². The second-order valence-corrected chi connectivity index (χ2v) is 4.77. The summed E-state index contributed by atoms with van der Waals surface area (Å²) >= 11 is 4.65. The van der Waals surface area contributed by atoms with Gasteiger partial charge in [-0.15, -0.1) is 0 Å². The molecule has 0 spiro atoms. The Morgan fingerprint density at radius 2 is 1.85 bits per heavy atom. The van der Waals surface area contributed by atoms with E-state index in [1.165, 1.54) is 19.1 Å². The summed E-state index contributed by atoms with van der Waals surface area (Å²) in [6.45, 7) is 1.52. The molecule has 0 bridgehead atoms. The van der Waals surface area contributed by atoms with Crippen LogP contribution in [0.3, 0.4) is 0 Å². The summed E-state index contributed by atoms with van der Waals surface area (Å²) in [7, 11) is -3.45. The molecule has 0 radical (unpaired) electrons. The summed E-state index contributed by atoms with van der Waals surface area (Å²) in [5, 5.41) is 0. The van der Waals surface area contributed by atoms with Gasteiger partial charge >= 0.3 is 0 Å². The third kappa shape index (κ3) is 2.78. The van der Waals surface area contributed by atoms with Crippen molar-refractivity contribution in [3.05, 3.63) is 30.3 Å². The smallest absolute Gasteiger partial charge is 0.262 e. The Bertz CT molecular complexity index is 397. The van der Waals surface area contributed by atoms with Gasteiger partial charge in [0.2, 0.25) is 0 Å². The fourth-order valence-electron chi connectivity index (χ4n) is 0.848. The lowest BCUT2D eigenvalue weighted by Crippen LogP contribution is -2.26. The Morgan fingerprint density at radius 3 is 2.31 bits per heavy atom. The molecule has 0 aliphatic carbocycles. The molecule has 0 saturated heterocycles. The SMILES string of the molecule is CC(=S)NS(=O)(=O)c1ccccc1. The highest BCUT2D eigenvalue weighted by Crippen LogP contribution is 2.06. The van der Waals surface area contributed by atoms with Gasteiger partial charge in [-0.1, -0.05) is 30.4 Å². The first-order valence-electron chi connectivity index (χ1n) is 3.61. The highest BCUT2D eigenvalue weighted by atomic mass is 32.2. The molecule has 0 aliphatic rings. The molecule has 1 N–H and O–H groups in total.